The number of aromatic nitrogens is 6. The second kappa shape index (κ2) is 7.49. The van der Waals surface area contributed by atoms with Gasteiger partial charge in [0.2, 0.25) is 0 Å². The van der Waals surface area contributed by atoms with E-state index >= 15 is 0 Å². The lowest BCUT2D eigenvalue weighted by molar-refractivity contribution is 0.576. The number of fused-ring (bicyclic) bond motifs is 2. The van der Waals surface area contributed by atoms with Crippen LogP contribution in [0.1, 0.15) is 24.4 Å². The first-order valence-corrected chi connectivity index (χ1v) is 10.6. The Kier molecular flexibility index (Phi) is 4.74. The zero-order valence-electron chi connectivity index (χ0n) is 17.9. The largest absolute Gasteiger partial charge is 0.332 e. The highest BCUT2D eigenvalue weighted by molar-refractivity contribution is 6.31. The first-order valence-electron chi connectivity index (χ1n) is 10.2. The van der Waals surface area contributed by atoms with Crippen LogP contribution < -0.4 is 11.2 Å². The molecule has 0 spiro atoms. The number of imidazole rings is 2. The van der Waals surface area contributed by atoms with Crippen LogP contribution in [0.2, 0.25) is 5.02 Å². The molecule has 32 heavy (non-hydrogen) atoms. The van der Waals surface area contributed by atoms with Crippen LogP contribution in [0.25, 0.3) is 22.2 Å². The van der Waals surface area contributed by atoms with Crippen LogP contribution >= 0.6 is 11.6 Å². The number of rotatable bonds is 4. The van der Waals surface area contributed by atoms with Crippen LogP contribution in [0, 0.1) is 0 Å². The zero-order chi connectivity index (χ0) is 22.6. The van der Waals surface area contributed by atoms with Crippen molar-refractivity contribution in [2.45, 2.75) is 19.5 Å². The molecule has 0 radical (unpaired) electrons. The molecule has 3 aromatic heterocycles. The monoisotopic (exact) mass is 448 g/mol. The van der Waals surface area contributed by atoms with E-state index in [0.717, 1.165) is 27.0 Å². The van der Waals surface area contributed by atoms with Gasteiger partial charge in [-0.15, -0.1) is 0 Å². The predicted octanol–water partition coefficient (Wildman–Crippen LogP) is 3.09. The predicted molar refractivity (Wildman–Crippen MR) is 124 cm³/mol. The first kappa shape index (κ1) is 20.3. The van der Waals surface area contributed by atoms with Gasteiger partial charge in [-0.1, -0.05) is 41.9 Å². The minimum absolute atomic E-state index is 0.319. The van der Waals surface area contributed by atoms with Crippen LogP contribution in [0.3, 0.4) is 0 Å². The van der Waals surface area contributed by atoms with E-state index in [2.05, 4.69) is 21.7 Å². The summed E-state index contributed by atoms with van der Waals surface area (Å²) in [4.78, 5) is 34.5. The first-order chi connectivity index (χ1) is 15.4. The number of benzene rings is 2. The van der Waals surface area contributed by atoms with Gasteiger partial charge in [-0.2, -0.15) is 0 Å². The lowest BCUT2D eigenvalue weighted by Crippen LogP contribution is -2.37. The molecule has 5 rings (SSSR count). The van der Waals surface area contributed by atoms with E-state index in [0.29, 0.717) is 22.7 Å². The zero-order valence-corrected chi connectivity index (χ0v) is 18.6. The van der Waals surface area contributed by atoms with Crippen LogP contribution in [0.15, 0.2) is 64.4 Å². The summed E-state index contributed by atoms with van der Waals surface area (Å²) in [6.07, 6.45) is 1.59. The van der Waals surface area contributed by atoms with Crippen molar-refractivity contribution in [2.75, 3.05) is 0 Å². The normalized spacial score (nSPS) is 12.6. The van der Waals surface area contributed by atoms with Crippen LogP contribution in [0.4, 0.5) is 0 Å². The lowest BCUT2D eigenvalue weighted by Gasteiger charge is -2.17. The summed E-state index contributed by atoms with van der Waals surface area (Å²) in [5.41, 5.74) is 2.76. The van der Waals surface area contributed by atoms with Crippen molar-refractivity contribution >= 4 is 33.8 Å². The molecular formula is C23H21ClN6O2. The third-order valence-corrected chi connectivity index (χ3v) is 6.12. The van der Waals surface area contributed by atoms with Gasteiger partial charge in [-0.25, -0.2) is 14.8 Å². The van der Waals surface area contributed by atoms with E-state index in [9.17, 15) is 9.59 Å². The molecule has 0 aliphatic rings. The van der Waals surface area contributed by atoms with Crippen molar-refractivity contribution in [1.29, 1.82) is 0 Å². The standard InChI is InChI=1S/C23H21ClN6O2/c1-14(30-13-25-21-19(30)22(31)28(3)23(32)27(21)2)20-26-17-11-16(24)9-10-18(17)29(20)12-15-7-5-4-6-8-15/h4-11,13-14H,12H2,1-3H3/t14-/m1/s1. The van der Waals surface area contributed by atoms with E-state index in [1.807, 2.05) is 43.3 Å². The molecule has 3 heterocycles. The Balaban J connectivity index is 1.74. The Bertz CT molecular complexity index is 1590. The summed E-state index contributed by atoms with van der Waals surface area (Å²) in [5, 5.41) is 0.609. The summed E-state index contributed by atoms with van der Waals surface area (Å²) < 4.78 is 6.39. The maximum atomic E-state index is 13.0. The minimum Gasteiger partial charge on any atom is -0.322 e. The fourth-order valence-electron chi connectivity index (χ4n) is 4.15. The Morgan fingerprint density at radius 3 is 2.53 bits per heavy atom. The van der Waals surface area contributed by atoms with Crippen LogP contribution in [0.5, 0.6) is 0 Å². The smallest absolute Gasteiger partial charge is 0.322 e. The topological polar surface area (TPSA) is 79.6 Å². The molecule has 162 valence electrons. The number of hydrogen-bond donors (Lipinski definition) is 0. The molecule has 8 nitrogen and oxygen atoms in total. The Labute approximate surface area is 187 Å². The van der Waals surface area contributed by atoms with Gasteiger partial charge in [0.25, 0.3) is 5.56 Å². The molecule has 0 N–H and O–H groups in total. The molecule has 0 aliphatic carbocycles. The third-order valence-electron chi connectivity index (χ3n) is 5.89. The van der Waals surface area contributed by atoms with Gasteiger partial charge in [-0.05, 0) is 30.7 Å². The second-order valence-electron chi connectivity index (χ2n) is 7.88. The van der Waals surface area contributed by atoms with Crippen molar-refractivity contribution in [3.05, 3.63) is 92.1 Å². The van der Waals surface area contributed by atoms with Crippen molar-refractivity contribution < 1.29 is 0 Å². The molecule has 0 aliphatic heterocycles. The highest BCUT2D eigenvalue weighted by Gasteiger charge is 2.23. The summed E-state index contributed by atoms with van der Waals surface area (Å²) in [6, 6.07) is 15.4. The second-order valence-corrected chi connectivity index (χ2v) is 8.32. The van der Waals surface area contributed by atoms with Gasteiger partial charge < -0.3 is 9.13 Å². The summed E-state index contributed by atoms with van der Waals surface area (Å²) in [6.45, 7) is 2.58. The number of hydrogen-bond acceptors (Lipinski definition) is 4. The molecule has 5 aromatic rings. The molecule has 0 saturated carbocycles. The molecule has 0 bridgehead atoms. The molecule has 9 heteroatoms. The molecular weight excluding hydrogens is 428 g/mol. The Hall–Kier alpha value is -3.65. The lowest BCUT2D eigenvalue weighted by atomic mass is 10.2. The third kappa shape index (κ3) is 3.06. The van der Waals surface area contributed by atoms with Crippen molar-refractivity contribution in [3.63, 3.8) is 0 Å². The van der Waals surface area contributed by atoms with E-state index in [1.54, 1.807) is 17.9 Å². The van der Waals surface area contributed by atoms with E-state index in [-0.39, 0.29) is 11.6 Å². The van der Waals surface area contributed by atoms with Gasteiger partial charge >= 0.3 is 5.69 Å². The highest BCUT2D eigenvalue weighted by atomic mass is 35.5. The molecule has 1 atom stereocenters. The van der Waals surface area contributed by atoms with E-state index < -0.39 is 5.69 Å². The Morgan fingerprint density at radius 1 is 1.03 bits per heavy atom. The maximum absolute atomic E-state index is 13.0. The molecule has 0 unspecified atom stereocenters. The van der Waals surface area contributed by atoms with Gasteiger partial charge in [0.15, 0.2) is 11.2 Å². The fraction of sp³-hybridized carbons (Fsp3) is 0.217. The van der Waals surface area contributed by atoms with Gasteiger partial charge in [0.1, 0.15) is 5.82 Å². The number of nitrogens with zero attached hydrogens (tertiary/aromatic N) is 6. The van der Waals surface area contributed by atoms with Gasteiger partial charge in [0.05, 0.1) is 23.4 Å². The number of halogens is 1. The van der Waals surface area contributed by atoms with Crippen molar-refractivity contribution in [2.24, 2.45) is 14.1 Å². The minimum atomic E-state index is -0.411. The molecule has 2 aromatic carbocycles. The van der Waals surface area contributed by atoms with Crippen molar-refractivity contribution in [1.82, 2.24) is 28.2 Å². The van der Waals surface area contributed by atoms with Crippen LogP contribution in [-0.2, 0) is 20.6 Å². The molecule has 0 fully saturated rings. The maximum Gasteiger partial charge on any atom is 0.332 e. The fourth-order valence-corrected chi connectivity index (χ4v) is 4.32. The van der Waals surface area contributed by atoms with Crippen molar-refractivity contribution in [3.8, 4) is 0 Å². The summed E-state index contributed by atoms with van der Waals surface area (Å²) in [7, 11) is 3.08. The van der Waals surface area contributed by atoms with E-state index in [4.69, 9.17) is 16.6 Å². The van der Waals surface area contributed by atoms with E-state index in [1.165, 1.54) is 11.6 Å². The molecule has 0 saturated heterocycles. The Morgan fingerprint density at radius 2 is 1.78 bits per heavy atom. The van der Waals surface area contributed by atoms with Gasteiger partial charge in [0, 0.05) is 25.7 Å². The average Bonchev–Trinajstić information content (AvgIpc) is 3.38. The molecule has 0 amide bonds. The van der Waals surface area contributed by atoms with Gasteiger partial charge in [-0.3, -0.25) is 13.9 Å². The number of aryl methyl sites for hydroxylation is 1. The summed E-state index contributed by atoms with van der Waals surface area (Å²) in [5.74, 6) is 0.765. The van der Waals surface area contributed by atoms with Crippen LogP contribution in [-0.4, -0.2) is 28.2 Å². The summed E-state index contributed by atoms with van der Waals surface area (Å²) >= 11 is 6.23. The SMILES string of the molecule is C[C@H](c1nc2cc(Cl)ccc2n1Cc1ccccc1)n1cnc2c1c(=O)n(C)c(=O)n2C. The quantitative estimate of drug-likeness (QED) is 0.423. The average molecular weight is 449 g/mol. The highest BCUT2D eigenvalue weighted by Crippen LogP contribution is 2.28.